The Balaban J connectivity index is 2.18. The van der Waals surface area contributed by atoms with Gasteiger partial charge in [-0.25, -0.2) is 0 Å². The molecule has 0 aliphatic carbocycles. The van der Waals surface area contributed by atoms with Crippen LogP contribution >= 0.6 is 11.3 Å². The van der Waals surface area contributed by atoms with Crippen molar-refractivity contribution in [2.45, 2.75) is 19.3 Å². The van der Waals surface area contributed by atoms with Gasteiger partial charge in [-0.3, -0.25) is 9.59 Å². The van der Waals surface area contributed by atoms with E-state index in [-0.39, 0.29) is 24.9 Å². The molecule has 0 bridgehead atoms. The van der Waals surface area contributed by atoms with E-state index in [1.54, 1.807) is 11.3 Å². The normalized spacial score (nSPS) is 10.3. The molecule has 0 unspecified atom stereocenters. The third-order valence-corrected chi connectivity index (χ3v) is 3.87. The first-order chi connectivity index (χ1) is 9.65. The summed E-state index contributed by atoms with van der Waals surface area (Å²) >= 11 is 1.75. The number of carbonyl (C=O) groups excluding carboxylic acids is 2. The molecule has 1 aromatic heterocycles. The highest BCUT2D eigenvalue weighted by Gasteiger charge is 2.04. The Bertz CT molecular complexity index is 434. The van der Waals surface area contributed by atoms with E-state index < -0.39 is 0 Å². The van der Waals surface area contributed by atoms with Crippen molar-refractivity contribution in [1.82, 2.24) is 10.6 Å². The quantitative estimate of drug-likeness (QED) is 0.486. The number of rotatable bonds is 9. The van der Waals surface area contributed by atoms with Crippen molar-refractivity contribution in [1.29, 1.82) is 0 Å². The summed E-state index contributed by atoms with van der Waals surface area (Å²) in [7, 11) is 0. The van der Waals surface area contributed by atoms with Crippen LogP contribution in [0.15, 0.2) is 12.1 Å². The molecule has 6 N–H and O–H groups in total. The molecular weight excluding hydrogens is 276 g/mol. The Morgan fingerprint density at radius 2 is 1.75 bits per heavy atom. The SMILES string of the molecule is NCCCc1ccc(CCNC(=O)CNC(=O)CN)s1. The molecule has 0 aliphatic heterocycles. The minimum Gasteiger partial charge on any atom is -0.354 e. The maximum Gasteiger partial charge on any atom is 0.239 e. The molecule has 0 spiro atoms. The largest absolute Gasteiger partial charge is 0.354 e. The number of nitrogens with two attached hydrogens (primary N) is 2. The summed E-state index contributed by atoms with van der Waals surface area (Å²) in [5.41, 5.74) is 10.6. The summed E-state index contributed by atoms with van der Waals surface area (Å²) in [6.07, 6.45) is 2.81. The number of hydrogen-bond donors (Lipinski definition) is 4. The molecule has 1 heterocycles. The first-order valence-electron chi connectivity index (χ1n) is 6.66. The Labute approximate surface area is 122 Å². The van der Waals surface area contributed by atoms with Gasteiger partial charge in [0, 0.05) is 16.3 Å². The van der Waals surface area contributed by atoms with Crippen LogP contribution in [0.2, 0.25) is 0 Å². The molecule has 6 nitrogen and oxygen atoms in total. The van der Waals surface area contributed by atoms with Crippen LogP contribution in [0.3, 0.4) is 0 Å². The number of carbonyl (C=O) groups is 2. The lowest BCUT2D eigenvalue weighted by atomic mass is 10.2. The Hall–Kier alpha value is -1.44. The molecule has 0 radical (unpaired) electrons. The van der Waals surface area contributed by atoms with E-state index in [9.17, 15) is 9.59 Å². The van der Waals surface area contributed by atoms with Crippen molar-refractivity contribution >= 4 is 23.2 Å². The summed E-state index contributed by atoms with van der Waals surface area (Å²) in [6, 6.07) is 4.19. The van der Waals surface area contributed by atoms with E-state index in [2.05, 4.69) is 22.8 Å². The lowest BCUT2D eigenvalue weighted by Crippen LogP contribution is -2.39. The monoisotopic (exact) mass is 298 g/mol. The third kappa shape index (κ3) is 6.65. The highest BCUT2D eigenvalue weighted by molar-refractivity contribution is 7.11. The summed E-state index contributed by atoms with van der Waals surface area (Å²) in [6.45, 7) is 1.14. The van der Waals surface area contributed by atoms with Gasteiger partial charge in [0.1, 0.15) is 0 Å². The molecule has 0 aromatic carbocycles. The van der Waals surface area contributed by atoms with Crippen LogP contribution < -0.4 is 22.1 Å². The van der Waals surface area contributed by atoms with E-state index in [0.29, 0.717) is 13.1 Å². The molecule has 2 amide bonds. The van der Waals surface area contributed by atoms with Crippen LogP contribution in [-0.2, 0) is 22.4 Å². The molecular formula is C13H22N4O2S. The van der Waals surface area contributed by atoms with Crippen LogP contribution in [0.4, 0.5) is 0 Å². The third-order valence-electron chi connectivity index (χ3n) is 2.67. The molecule has 1 aromatic rings. The van der Waals surface area contributed by atoms with Crippen LogP contribution in [0.25, 0.3) is 0 Å². The standard InChI is InChI=1S/C13H22N4O2S/c14-6-1-2-10-3-4-11(20-10)5-7-16-13(19)9-17-12(18)8-15/h3-4H,1-2,5-9,14-15H2,(H,16,19)(H,17,18). The van der Waals surface area contributed by atoms with Crippen LogP contribution in [0.5, 0.6) is 0 Å². The minimum atomic E-state index is -0.331. The fourth-order valence-electron chi connectivity index (χ4n) is 1.61. The molecule has 7 heteroatoms. The second kappa shape index (κ2) is 9.46. The molecule has 20 heavy (non-hydrogen) atoms. The fraction of sp³-hybridized carbons (Fsp3) is 0.538. The Morgan fingerprint density at radius 1 is 1.05 bits per heavy atom. The average Bonchev–Trinajstić information content (AvgIpc) is 2.90. The van der Waals surface area contributed by atoms with Gasteiger partial charge in [0.2, 0.25) is 11.8 Å². The lowest BCUT2D eigenvalue weighted by Gasteiger charge is -2.05. The second-order valence-electron chi connectivity index (χ2n) is 4.34. The summed E-state index contributed by atoms with van der Waals surface area (Å²) < 4.78 is 0. The highest BCUT2D eigenvalue weighted by atomic mass is 32.1. The predicted molar refractivity (Wildman–Crippen MR) is 80.5 cm³/mol. The number of hydrogen-bond acceptors (Lipinski definition) is 5. The van der Waals surface area contributed by atoms with Gasteiger partial charge in [0.05, 0.1) is 13.1 Å². The lowest BCUT2D eigenvalue weighted by molar-refractivity contribution is -0.125. The summed E-state index contributed by atoms with van der Waals surface area (Å²) in [4.78, 5) is 24.9. The molecule has 0 saturated carbocycles. The average molecular weight is 298 g/mol. The Morgan fingerprint density at radius 3 is 2.40 bits per heavy atom. The summed E-state index contributed by atoms with van der Waals surface area (Å²) in [5, 5.41) is 5.18. The van der Waals surface area contributed by atoms with Crippen molar-refractivity contribution in [3.8, 4) is 0 Å². The van der Waals surface area contributed by atoms with Crippen molar-refractivity contribution in [2.24, 2.45) is 11.5 Å². The molecule has 1 rings (SSSR count). The predicted octanol–water partition coefficient (Wildman–Crippen LogP) is -0.627. The van der Waals surface area contributed by atoms with Crippen molar-refractivity contribution in [2.75, 3.05) is 26.2 Å². The van der Waals surface area contributed by atoms with Gasteiger partial charge >= 0.3 is 0 Å². The van der Waals surface area contributed by atoms with Crippen molar-refractivity contribution in [3.05, 3.63) is 21.9 Å². The van der Waals surface area contributed by atoms with E-state index in [1.807, 2.05) is 0 Å². The van der Waals surface area contributed by atoms with Gasteiger partial charge in [0.25, 0.3) is 0 Å². The maximum absolute atomic E-state index is 11.4. The summed E-state index contributed by atoms with van der Waals surface area (Å²) in [5.74, 6) is -0.533. The van der Waals surface area contributed by atoms with E-state index in [4.69, 9.17) is 11.5 Å². The molecule has 0 fully saturated rings. The first kappa shape index (κ1) is 16.6. The number of thiophene rings is 1. The van der Waals surface area contributed by atoms with Crippen molar-refractivity contribution in [3.63, 3.8) is 0 Å². The molecule has 112 valence electrons. The van der Waals surface area contributed by atoms with Gasteiger partial charge in [-0.1, -0.05) is 0 Å². The smallest absolute Gasteiger partial charge is 0.239 e. The Kier molecular flexibility index (Phi) is 7.86. The van der Waals surface area contributed by atoms with Gasteiger partial charge < -0.3 is 22.1 Å². The maximum atomic E-state index is 11.4. The molecule has 0 atom stereocenters. The van der Waals surface area contributed by atoms with Gasteiger partial charge in [-0.15, -0.1) is 11.3 Å². The minimum absolute atomic E-state index is 0.0256. The van der Waals surface area contributed by atoms with E-state index >= 15 is 0 Å². The number of amides is 2. The van der Waals surface area contributed by atoms with Crippen molar-refractivity contribution < 1.29 is 9.59 Å². The van der Waals surface area contributed by atoms with E-state index in [1.165, 1.54) is 9.75 Å². The topological polar surface area (TPSA) is 110 Å². The zero-order valence-electron chi connectivity index (χ0n) is 11.5. The number of aryl methyl sites for hydroxylation is 1. The first-order valence-corrected chi connectivity index (χ1v) is 7.48. The zero-order valence-corrected chi connectivity index (χ0v) is 12.3. The fourth-order valence-corrected chi connectivity index (χ4v) is 2.67. The van der Waals surface area contributed by atoms with Crippen LogP contribution in [0.1, 0.15) is 16.2 Å². The molecule has 0 aliphatic rings. The number of nitrogens with one attached hydrogen (secondary N) is 2. The molecule has 0 saturated heterocycles. The van der Waals surface area contributed by atoms with Crippen LogP contribution in [-0.4, -0.2) is 38.0 Å². The van der Waals surface area contributed by atoms with Gasteiger partial charge in [-0.05, 0) is 37.9 Å². The van der Waals surface area contributed by atoms with Gasteiger partial charge in [-0.2, -0.15) is 0 Å². The highest BCUT2D eigenvalue weighted by Crippen LogP contribution is 2.18. The second-order valence-corrected chi connectivity index (χ2v) is 5.59. The van der Waals surface area contributed by atoms with Crippen LogP contribution in [0, 0.1) is 0 Å². The van der Waals surface area contributed by atoms with E-state index in [0.717, 1.165) is 19.3 Å². The van der Waals surface area contributed by atoms with Gasteiger partial charge in [0.15, 0.2) is 0 Å². The zero-order chi connectivity index (χ0) is 14.8.